The minimum Gasteiger partial charge on any atom is -0.464 e. The van der Waals surface area contributed by atoms with Crippen molar-refractivity contribution in [2.75, 3.05) is 20.5 Å². The number of benzene rings is 1. The molecule has 0 atom stereocenters. The minimum absolute atomic E-state index is 0.0456. The van der Waals surface area contributed by atoms with E-state index in [0.717, 1.165) is 19.2 Å². The lowest BCUT2D eigenvalue weighted by Gasteiger charge is -2.15. The average molecular weight is 415 g/mol. The molecule has 2 rings (SSSR count). The molecule has 0 aliphatic rings. The summed E-state index contributed by atoms with van der Waals surface area (Å²) in [6.45, 7) is 1.58. The number of aryl methyl sites for hydroxylation is 1. The number of methoxy groups -OCH3 is 1. The summed E-state index contributed by atoms with van der Waals surface area (Å²) in [6.07, 6.45) is -2.84. The van der Waals surface area contributed by atoms with Gasteiger partial charge in [0.2, 0.25) is 11.6 Å². The first-order chi connectivity index (χ1) is 13.2. The first-order valence-corrected chi connectivity index (χ1v) is 8.91. The third kappa shape index (κ3) is 4.91. The van der Waals surface area contributed by atoms with Crippen LogP contribution in [0.3, 0.4) is 0 Å². The lowest BCUT2D eigenvalue weighted by atomic mass is 10.2. The van der Waals surface area contributed by atoms with E-state index in [1.165, 1.54) is 31.0 Å². The summed E-state index contributed by atoms with van der Waals surface area (Å²) < 4.78 is 49.2. The highest BCUT2D eigenvalue weighted by Crippen LogP contribution is 2.34. The van der Waals surface area contributed by atoms with Gasteiger partial charge >= 0.3 is 12.1 Å². The molecule has 0 saturated carbocycles. The van der Waals surface area contributed by atoms with Crippen LogP contribution >= 0.6 is 11.8 Å². The first kappa shape index (κ1) is 21.5. The van der Waals surface area contributed by atoms with Crippen molar-refractivity contribution in [1.82, 2.24) is 9.97 Å². The van der Waals surface area contributed by atoms with Crippen molar-refractivity contribution in [3.8, 4) is 11.6 Å². The standard InChI is InChI=1S/C17H16F3N3O4S/c1-9-21-14(27-11-7-5-6-10(8-11)17(18,19)20)12(15(22-9)28-4)13(23-26-3)16(24)25-2/h5-8H,1-4H3. The van der Waals surface area contributed by atoms with Crippen LogP contribution in [-0.2, 0) is 20.5 Å². The lowest BCUT2D eigenvalue weighted by Crippen LogP contribution is -2.21. The normalized spacial score (nSPS) is 11.9. The van der Waals surface area contributed by atoms with E-state index < -0.39 is 17.7 Å². The summed E-state index contributed by atoms with van der Waals surface area (Å²) in [5.74, 6) is -0.838. The van der Waals surface area contributed by atoms with Gasteiger partial charge in [0, 0.05) is 0 Å². The maximum Gasteiger partial charge on any atom is 0.416 e. The zero-order valence-corrected chi connectivity index (χ0v) is 16.1. The summed E-state index contributed by atoms with van der Waals surface area (Å²) >= 11 is 1.17. The zero-order chi connectivity index (χ0) is 20.9. The summed E-state index contributed by atoms with van der Waals surface area (Å²) in [5, 5.41) is 3.97. The topological polar surface area (TPSA) is 82.9 Å². The molecule has 0 radical (unpaired) electrons. The van der Waals surface area contributed by atoms with Gasteiger partial charge in [0.05, 0.1) is 12.7 Å². The smallest absolute Gasteiger partial charge is 0.416 e. The second-order valence-corrected chi connectivity index (χ2v) is 6.00. The molecule has 0 fully saturated rings. The molecule has 0 unspecified atom stereocenters. The zero-order valence-electron chi connectivity index (χ0n) is 15.3. The van der Waals surface area contributed by atoms with Crippen LogP contribution in [0.4, 0.5) is 13.2 Å². The number of alkyl halides is 3. The Morgan fingerprint density at radius 3 is 2.50 bits per heavy atom. The van der Waals surface area contributed by atoms with Crippen molar-refractivity contribution in [3.05, 3.63) is 41.2 Å². The van der Waals surface area contributed by atoms with E-state index >= 15 is 0 Å². The number of rotatable bonds is 6. The molecule has 0 N–H and O–H groups in total. The second-order valence-electron chi connectivity index (χ2n) is 5.20. The minimum atomic E-state index is -4.54. The molecule has 28 heavy (non-hydrogen) atoms. The molecule has 0 saturated heterocycles. The molecule has 2 aromatic rings. The second kappa shape index (κ2) is 8.91. The first-order valence-electron chi connectivity index (χ1n) is 7.68. The Morgan fingerprint density at radius 2 is 1.93 bits per heavy atom. The SMILES string of the molecule is CON=C(C(=O)OC)c1c(Oc2cccc(C(F)(F)F)c2)nc(C)nc1SC. The largest absolute Gasteiger partial charge is 0.464 e. The number of esters is 1. The van der Waals surface area contributed by atoms with Gasteiger partial charge in [-0.2, -0.15) is 18.2 Å². The van der Waals surface area contributed by atoms with E-state index in [0.29, 0.717) is 5.03 Å². The monoisotopic (exact) mass is 415 g/mol. The highest BCUT2D eigenvalue weighted by Gasteiger charge is 2.31. The fourth-order valence-corrected chi connectivity index (χ4v) is 2.78. The predicted octanol–water partition coefficient (Wildman–Crippen LogP) is 3.84. The molecule has 0 bridgehead atoms. The number of hydrogen-bond donors (Lipinski definition) is 0. The fraction of sp³-hybridized carbons (Fsp3) is 0.294. The predicted molar refractivity (Wildman–Crippen MR) is 95.6 cm³/mol. The average Bonchev–Trinajstić information content (AvgIpc) is 2.65. The van der Waals surface area contributed by atoms with Crippen molar-refractivity contribution < 1.29 is 32.3 Å². The Labute approximate surface area is 162 Å². The third-order valence-corrected chi connectivity index (χ3v) is 4.00. The molecule has 11 heteroatoms. The Balaban J connectivity index is 2.63. The molecule has 1 aromatic carbocycles. The van der Waals surface area contributed by atoms with Gasteiger partial charge in [-0.1, -0.05) is 11.2 Å². The summed E-state index contributed by atoms with van der Waals surface area (Å²) in [6, 6.07) is 4.27. The molecular weight excluding hydrogens is 399 g/mol. The van der Waals surface area contributed by atoms with Gasteiger partial charge in [0.25, 0.3) is 0 Å². The Kier molecular flexibility index (Phi) is 6.84. The number of carbonyl (C=O) groups excluding carboxylic acids is 1. The van der Waals surface area contributed by atoms with Gasteiger partial charge in [0.15, 0.2) is 0 Å². The van der Waals surface area contributed by atoms with E-state index in [1.54, 1.807) is 13.2 Å². The van der Waals surface area contributed by atoms with E-state index in [-0.39, 0.29) is 28.7 Å². The maximum atomic E-state index is 13.0. The van der Waals surface area contributed by atoms with Crippen LogP contribution in [0.15, 0.2) is 34.4 Å². The molecule has 7 nitrogen and oxygen atoms in total. The number of oxime groups is 1. The maximum absolute atomic E-state index is 13.0. The van der Waals surface area contributed by atoms with Gasteiger partial charge < -0.3 is 14.3 Å². The number of hydrogen-bond acceptors (Lipinski definition) is 8. The highest BCUT2D eigenvalue weighted by atomic mass is 32.2. The van der Waals surface area contributed by atoms with Crippen LogP contribution in [-0.4, -0.2) is 42.1 Å². The number of ether oxygens (including phenoxy) is 2. The van der Waals surface area contributed by atoms with Gasteiger partial charge in [-0.05, 0) is 31.4 Å². The summed E-state index contributed by atoms with van der Waals surface area (Å²) in [7, 11) is 2.37. The van der Waals surface area contributed by atoms with Crippen LogP contribution in [0.5, 0.6) is 11.6 Å². The van der Waals surface area contributed by atoms with E-state index in [4.69, 9.17) is 14.3 Å². The molecule has 0 spiro atoms. The number of halogens is 3. The number of carbonyl (C=O) groups is 1. The van der Waals surface area contributed by atoms with Crippen LogP contribution in [0.1, 0.15) is 17.0 Å². The van der Waals surface area contributed by atoms with Crippen molar-refractivity contribution in [2.45, 2.75) is 18.1 Å². The quantitative estimate of drug-likeness (QED) is 0.233. The van der Waals surface area contributed by atoms with Gasteiger partial charge in [-0.3, -0.25) is 0 Å². The number of nitrogens with zero attached hydrogens (tertiary/aromatic N) is 3. The van der Waals surface area contributed by atoms with Crippen molar-refractivity contribution in [1.29, 1.82) is 0 Å². The van der Waals surface area contributed by atoms with Gasteiger partial charge in [0.1, 0.15) is 29.3 Å². The Hall–Kier alpha value is -2.82. The van der Waals surface area contributed by atoms with Crippen molar-refractivity contribution in [2.24, 2.45) is 5.16 Å². The molecule has 0 aliphatic carbocycles. The molecule has 0 aliphatic heterocycles. The van der Waals surface area contributed by atoms with Gasteiger partial charge in [-0.15, -0.1) is 11.8 Å². The number of thioether (sulfide) groups is 1. The van der Waals surface area contributed by atoms with Crippen LogP contribution in [0, 0.1) is 6.92 Å². The van der Waals surface area contributed by atoms with Crippen LogP contribution in [0.2, 0.25) is 0 Å². The fourth-order valence-electron chi connectivity index (χ4n) is 2.17. The Bertz CT molecular complexity index is 904. The number of aromatic nitrogens is 2. The summed E-state index contributed by atoms with van der Waals surface area (Å²) in [4.78, 5) is 25.2. The van der Waals surface area contributed by atoms with Crippen molar-refractivity contribution in [3.63, 3.8) is 0 Å². The highest BCUT2D eigenvalue weighted by molar-refractivity contribution is 7.98. The van der Waals surface area contributed by atoms with E-state index in [2.05, 4.69) is 15.1 Å². The van der Waals surface area contributed by atoms with Crippen LogP contribution in [0.25, 0.3) is 0 Å². The molecule has 1 aromatic heterocycles. The van der Waals surface area contributed by atoms with Gasteiger partial charge in [-0.25, -0.2) is 9.78 Å². The third-order valence-electron chi connectivity index (χ3n) is 3.32. The molecule has 1 heterocycles. The molecule has 0 amide bonds. The lowest BCUT2D eigenvalue weighted by molar-refractivity contribution is -0.137. The molecule has 150 valence electrons. The van der Waals surface area contributed by atoms with Crippen LogP contribution < -0.4 is 4.74 Å². The Morgan fingerprint density at radius 1 is 1.21 bits per heavy atom. The van der Waals surface area contributed by atoms with E-state index in [9.17, 15) is 18.0 Å². The molecular formula is C17H16F3N3O4S. The summed E-state index contributed by atoms with van der Waals surface area (Å²) in [5.41, 5.74) is -1.12. The van der Waals surface area contributed by atoms with E-state index in [1.807, 2.05) is 0 Å². The van der Waals surface area contributed by atoms with Crippen molar-refractivity contribution >= 4 is 23.4 Å².